The highest BCUT2D eigenvalue weighted by molar-refractivity contribution is 9.10. The van der Waals surface area contributed by atoms with E-state index in [0.29, 0.717) is 15.7 Å². The van der Waals surface area contributed by atoms with Crippen molar-refractivity contribution in [2.24, 2.45) is 5.73 Å². The Balaban J connectivity index is 1.86. The molecule has 1 amide bonds. The van der Waals surface area contributed by atoms with Crippen LogP contribution in [0.4, 0.5) is 0 Å². The number of rotatable bonds is 3. The van der Waals surface area contributed by atoms with Crippen molar-refractivity contribution in [3.05, 3.63) is 86.9 Å². The number of amides is 1. The number of nitrogens with two attached hydrogens (primary N) is 1. The average molecular weight is 466 g/mol. The number of hydrogen-bond donors (Lipinski definition) is 2. The fraction of sp³-hybridized carbons (Fsp3) is 0.136. The number of allylic oxidation sites excluding steroid dienone is 1. The van der Waals surface area contributed by atoms with Gasteiger partial charge in [0.2, 0.25) is 11.8 Å². The number of nitriles is 1. The summed E-state index contributed by atoms with van der Waals surface area (Å²) in [6, 6.07) is 16.1. The number of hydrogen-bond acceptors (Lipinski definition) is 6. The van der Waals surface area contributed by atoms with E-state index >= 15 is 0 Å². The SMILES string of the molecule is CC1=C(C(=O)OCc2ccccc2)[C@]2(C(=O)N1)C(C#N)=C(N)Oc1ccc(Br)cc12. The molecule has 2 aromatic rings. The maximum atomic E-state index is 13.3. The minimum absolute atomic E-state index is 0.0175. The Bertz CT molecular complexity index is 1180. The number of halogens is 1. The van der Waals surface area contributed by atoms with Crippen molar-refractivity contribution < 1.29 is 19.1 Å². The third-order valence-corrected chi connectivity index (χ3v) is 5.60. The molecule has 2 aliphatic rings. The molecule has 4 rings (SSSR count). The largest absolute Gasteiger partial charge is 0.457 e. The summed E-state index contributed by atoms with van der Waals surface area (Å²) in [5.74, 6) is -1.23. The molecule has 1 spiro atoms. The minimum atomic E-state index is -1.76. The van der Waals surface area contributed by atoms with Crippen molar-refractivity contribution in [1.29, 1.82) is 5.26 Å². The summed E-state index contributed by atoms with van der Waals surface area (Å²) in [5.41, 5.74) is 5.53. The van der Waals surface area contributed by atoms with Crippen molar-refractivity contribution in [1.82, 2.24) is 5.32 Å². The Kier molecular flexibility index (Phi) is 4.84. The molecule has 1 atom stereocenters. The van der Waals surface area contributed by atoms with Gasteiger partial charge in [0.25, 0.3) is 0 Å². The minimum Gasteiger partial charge on any atom is -0.457 e. The van der Waals surface area contributed by atoms with E-state index in [0.717, 1.165) is 5.56 Å². The average Bonchev–Trinajstić information content (AvgIpc) is 2.98. The molecule has 0 radical (unpaired) electrons. The molecule has 3 N–H and O–H groups in total. The zero-order valence-electron chi connectivity index (χ0n) is 15.9. The second kappa shape index (κ2) is 7.35. The summed E-state index contributed by atoms with van der Waals surface area (Å²) in [6.45, 7) is 1.60. The first kappa shape index (κ1) is 19.7. The molecule has 0 fully saturated rings. The Labute approximate surface area is 180 Å². The number of carbonyl (C=O) groups excluding carboxylic acids is 2. The van der Waals surface area contributed by atoms with E-state index in [4.69, 9.17) is 15.2 Å². The second-order valence-electron chi connectivity index (χ2n) is 6.86. The van der Waals surface area contributed by atoms with Gasteiger partial charge in [-0.05, 0) is 30.7 Å². The van der Waals surface area contributed by atoms with Gasteiger partial charge >= 0.3 is 5.97 Å². The van der Waals surface area contributed by atoms with Gasteiger partial charge < -0.3 is 20.5 Å². The summed E-state index contributed by atoms with van der Waals surface area (Å²) in [7, 11) is 0. The summed E-state index contributed by atoms with van der Waals surface area (Å²) >= 11 is 3.38. The standard InChI is InChI=1S/C22H16BrN3O4/c1-12-18(20(27)29-11-13-5-3-2-4-6-13)22(21(28)26-12)15-9-14(23)7-8-17(15)30-19(25)16(22)10-24/h2-9H,11,25H2,1H3,(H,26,28)/t22-/m1/s1. The fourth-order valence-electron chi connectivity index (χ4n) is 3.83. The molecule has 7 nitrogen and oxygen atoms in total. The van der Waals surface area contributed by atoms with Crippen LogP contribution >= 0.6 is 15.9 Å². The van der Waals surface area contributed by atoms with Gasteiger partial charge in [0.15, 0.2) is 5.41 Å². The topological polar surface area (TPSA) is 114 Å². The third kappa shape index (κ3) is 2.86. The van der Waals surface area contributed by atoms with Crippen molar-refractivity contribution in [2.45, 2.75) is 18.9 Å². The maximum absolute atomic E-state index is 13.3. The van der Waals surface area contributed by atoms with Crippen LogP contribution < -0.4 is 15.8 Å². The summed E-state index contributed by atoms with van der Waals surface area (Å²) in [4.78, 5) is 26.5. The Morgan fingerprint density at radius 3 is 2.73 bits per heavy atom. The first-order chi connectivity index (χ1) is 14.4. The summed E-state index contributed by atoms with van der Waals surface area (Å²) in [6.07, 6.45) is 0. The lowest BCUT2D eigenvalue weighted by molar-refractivity contribution is -0.141. The zero-order chi connectivity index (χ0) is 21.5. The van der Waals surface area contributed by atoms with E-state index in [1.54, 1.807) is 25.1 Å². The first-order valence-electron chi connectivity index (χ1n) is 9.01. The van der Waals surface area contributed by atoms with E-state index in [1.807, 2.05) is 36.4 Å². The van der Waals surface area contributed by atoms with E-state index < -0.39 is 17.3 Å². The van der Waals surface area contributed by atoms with E-state index in [9.17, 15) is 14.9 Å². The molecule has 2 aromatic carbocycles. The van der Waals surface area contributed by atoms with Crippen molar-refractivity contribution in [3.8, 4) is 11.8 Å². The van der Waals surface area contributed by atoms with Crippen LogP contribution in [0.1, 0.15) is 18.1 Å². The van der Waals surface area contributed by atoms with Gasteiger partial charge in [0, 0.05) is 15.7 Å². The highest BCUT2D eigenvalue weighted by Crippen LogP contribution is 2.51. The van der Waals surface area contributed by atoms with Crippen LogP contribution in [0.2, 0.25) is 0 Å². The van der Waals surface area contributed by atoms with Crippen LogP contribution in [0.15, 0.2) is 75.7 Å². The molecule has 8 heteroatoms. The molecule has 0 aliphatic carbocycles. The Hall–Kier alpha value is -3.57. The van der Waals surface area contributed by atoms with Crippen LogP contribution in [0.5, 0.6) is 5.75 Å². The fourth-order valence-corrected chi connectivity index (χ4v) is 4.19. The zero-order valence-corrected chi connectivity index (χ0v) is 17.4. The van der Waals surface area contributed by atoms with Gasteiger partial charge in [-0.3, -0.25) is 4.79 Å². The van der Waals surface area contributed by atoms with E-state index in [-0.39, 0.29) is 29.4 Å². The Morgan fingerprint density at radius 2 is 2.03 bits per heavy atom. The molecule has 0 bridgehead atoms. The molecule has 2 heterocycles. The van der Waals surface area contributed by atoms with E-state index in [1.165, 1.54) is 0 Å². The Morgan fingerprint density at radius 1 is 1.30 bits per heavy atom. The molecule has 0 unspecified atom stereocenters. The molecule has 0 saturated carbocycles. The van der Waals surface area contributed by atoms with Crippen molar-refractivity contribution >= 4 is 27.8 Å². The lowest BCUT2D eigenvalue weighted by Crippen LogP contribution is -2.46. The maximum Gasteiger partial charge on any atom is 0.337 e. The van der Waals surface area contributed by atoms with Gasteiger partial charge in [-0.2, -0.15) is 5.26 Å². The molecular formula is C22H16BrN3O4. The molecular weight excluding hydrogens is 450 g/mol. The highest BCUT2D eigenvalue weighted by Gasteiger charge is 2.59. The molecule has 2 aliphatic heterocycles. The third-order valence-electron chi connectivity index (χ3n) is 5.11. The van der Waals surface area contributed by atoms with Crippen LogP contribution in [0.3, 0.4) is 0 Å². The number of carbonyl (C=O) groups is 2. The summed E-state index contributed by atoms with van der Waals surface area (Å²) in [5, 5.41) is 12.5. The molecule has 150 valence electrons. The first-order valence-corrected chi connectivity index (χ1v) is 9.81. The van der Waals surface area contributed by atoms with Crippen molar-refractivity contribution in [2.75, 3.05) is 0 Å². The van der Waals surface area contributed by atoms with Crippen LogP contribution in [0, 0.1) is 11.3 Å². The molecule has 0 saturated heterocycles. The summed E-state index contributed by atoms with van der Waals surface area (Å²) < 4.78 is 11.7. The number of fused-ring (bicyclic) bond motifs is 2. The predicted octanol–water partition coefficient (Wildman–Crippen LogP) is 2.92. The molecule has 30 heavy (non-hydrogen) atoms. The van der Waals surface area contributed by atoms with Crippen LogP contribution in [-0.4, -0.2) is 11.9 Å². The monoisotopic (exact) mass is 465 g/mol. The lowest BCUT2D eigenvalue weighted by Gasteiger charge is -2.34. The van der Waals surface area contributed by atoms with Crippen LogP contribution in [-0.2, 0) is 26.3 Å². The predicted molar refractivity (Wildman–Crippen MR) is 110 cm³/mol. The van der Waals surface area contributed by atoms with Crippen LogP contribution in [0.25, 0.3) is 0 Å². The molecule has 0 aromatic heterocycles. The smallest absolute Gasteiger partial charge is 0.337 e. The second-order valence-corrected chi connectivity index (χ2v) is 7.78. The normalized spacial score (nSPS) is 19.8. The number of ether oxygens (including phenoxy) is 2. The highest BCUT2D eigenvalue weighted by atomic mass is 79.9. The number of nitrogens with one attached hydrogen (secondary N) is 1. The van der Waals surface area contributed by atoms with Gasteiger partial charge in [-0.15, -0.1) is 0 Å². The number of esters is 1. The van der Waals surface area contributed by atoms with Gasteiger partial charge in [0.1, 0.15) is 24.0 Å². The van der Waals surface area contributed by atoms with Gasteiger partial charge in [0.05, 0.1) is 5.57 Å². The van der Waals surface area contributed by atoms with Gasteiger partial charge in [-0.1, -0.05) is 46.3 Å². The lowest BCUT2D eigenvalue weighted by atomic mass is 9.68. The van der Waals surface area contributed by atoms with Gasteiger partial charge in [-0.25, -0.2) is 4.79 Å². The van der Waals surface area contributed by atoms with Crippen molar-refractivity contribution in [3.63, 3.8) is 0 Å². The van der Waals surface area contributed by atoms with E-state index in [2.05, 4.69) is 21.2 Å². The number of nitrogens with zero attached hydrogens (tertiary/aromatic N) is 1. The number of benzene rings is 2. The quantitative estimate of drug-likeness (QED) is 0.673.